The minimum Gasteiger partial charge on any atom is -0.497 e. The van der Waals surface area contributed by atoms with Crippen LogP contribution >= 0.6 is 11.8 Å². The summed E-state index contributed by atoms with van der Waals surface area (Å²) < 4.78 is 10.5. The van der Waals surface area contributed by atoms with Gasteiger partial charge in [-0.1, -0.05) is 6.92 Å². The lowest BCUT2D eigenvalue weighted by atomic mass is 10.3. The first-order valence-corrected chi connectivity index (χ1v) is 6.99. The second-order valence-corrected chi connectivity index (χ2v) is 4.93. The van der Waals surface area contributed by atoms with E-state index < -0.39 is 0 Å². The molecule has 0 bridgehead atoms. The van der Waals surface area contributed by atoms with Gasteiger partial charge in [0.2, 0.25) is 11.1 Å². The quantitative estimate of drug-likeness (QED) is 0.875. The largest absolute Gasteiger partial charge is 0.497 e. The first kappa shape index (κ1) is 14.4. The molecular weight excluding hydrogens is 276 g/mol. The van der Waals surface area contributed by atoms with Crippen LogP contribution in [0.2, 0.25) is 0 Å². The molecule has 0 saturated carbocycles. The zero-order valence-electron chi connectivity index (χ0n) is 11.4. The molecule has 20 heavy (non-hydrogen) atoms. The highest BCUT2D eigenvalue weighted by molar-refractivity contribution is 7.99. The van der Waals surface area contributed by atoms with Crippen LogP contribution in [0.25, 0.3) is 0 Å². The molecule has 0 amide bonds. The highest BCUT2D eigenvalue weighted by Crippen LogP contribution is 2.27. The van der Waals surface area contributed by atoms with Gasteiger partial charge in [0.1, 0.15) is 5.75 Å². The van der Waals surface area contributed by atoms with E-state index in [1.54, 1.807) is 7.11 Å². The lowest BCUT2D eigenvalue weighted by Crippen LogP contribution is -2.05. The fourth-order valence-corrected chi connectivity index (χ4v) is 2.15. The minimum atomic E-state index is 0.155. The van der Waals surface area contributed by atoms with E-state index in [0.29, 0.717) is 11.8 Å². The highest BCUT2D eigenvalue weighted by Gasteiger charge is 2.07. The van der Waals surface area contributed by atoms with Crippen molar-refractivity contribution in [3.05, 3.63) is 24.3 Å². The Morgan fingerprint density at radius 3 is 2.55 bits per heavy atom. The maximum absolute atomic E-state index is 5.65. The monoisotopic (exact) mass is 292 g/mol. The number of nitrogen functional groups attached to an aromatic ring is 1. The lowest BCUT2D eigenvalue weighted by molar-refractivity contribution is 0.288. The number of rotatable bonds is 6. The Kier molecular flexibility index (Phi) is 5.00. The van der Waals surface area contributed by atoms with Crippen molar-refractivity contribution in [3.8, 4) is 11.8 Å². The van der Waals surface area contributed by atoms with Crippen LogP contribution in [0.5, 0.6) is 11.8 Å². The normalized spacial score (nSPS) is 10.3. The molecule has 0 atom stereocenters. The van der Waals surface area contributed by atoms with Crippen LogP contribution in [0, 0.1) is 0 Å². The third kappa shape index (κ3) is 3.99. The standard InChI is InChI=1S/C13H16N4O2S/c1-3-8-19-12-15-11(14)16-13(17-12)20-10-6-4-9(18-2)5-7-10/h4-7H,3,8H2,1-2H3,(H2,14,15,16,17). The van der Waals surface area contributed by atoms with E-state index in [9.17, 15) is 0 Å². The molecule has 2 N–H and O–H groups in total. The molecule has 1 heterocycles. The van der Waals surface area contributed by atoms with Gasteiger partial charge in [-0.05, 0) is 42.4 Å². The summed E-state index contributed by atoms with van der Waals surface area (Å²) in [6, 6.07) is 7.87. The number of anilines is 1. The van der Waals surface area contributed by atoms with E-state index in [-0.39, 0.29) is 12.0 Å². The molecule has 1 aromatic heterocycles. The molecule has 2 rings (SSSR count). The molecule has 0 saturated heterocycles. The zero-order chi connectivity index (χ0) is 14.4. The van der Waals surface area contributed by atoms with E-state index >= 15 is 0 Å². The topological polar surface area (TPSA) is 83.2 Å². The van der Waals surface area contributed by atoms with E-state index in [4.69, 9.17) is 15.2 Å². The van der Waals surface area contributed by atoms with E-state index in [2.05, 4.69) is 15.0 Å². The highest BCUT2D eigenvalue weighted by atomic mass is 32.2. The number of benzene rings is 1. The Morgan fingerprint density at radius 1 is 1.15 bits per heavy atom. The van der Waals surface area contributed by atoms with Gasteiger partial charge < -0.3 is 15.2 Å². The van der Waals surface area contributed by atoms with Gasteiger partial charge in [-0.3, -0.25) is 0 Å². The van der Waals surface area contributed by atoms with Gasteiger partial charge in [0.25, 0.3) is 0 Å². The average molecular weight is 292 g/mol. The third-order valence-electron chi connectivity index (χ3n) is 2.32. The summed E-state index contributed by atoms with van der Waals surface area (Å²) in [6.45, 7) is 2.56. The SMILES string of the molecule is CCCOc1nc(N)nc(Sc2ccc(OC)cc2)n1. The predicted molar refractivity (Wildman–Crippen MR) is 77.1 cm³/mol. The van der Waals surface area contributed by atoms with Crippen LogP contribution in [-0.4, -0.2) is 28.7 Å². The smallest absolute Gasteiger partial charge is 0.322 e. The maximum atomic E-state index is 5.65. The summed E-state index contributed by atoms with van der Waals surface area (Å²) >= 11 is 1.39. The van der Waals surface area contributed by atoms with E-state index in [0.717, 1.165) is 17.1 Å². The Balaban J connectivity index is 2.12. The number of nitrogens with two attached hydrogens (primary N) is 1. The molecular formula is C13H16N4O2S. The van der Waals surface area contributed by atoms with Crippen molar-refractivity contribution in [3.63, 3.8) is 0 Å². The van der Waals surface area contributed by atoms with Crippen molar-refractivity contribution in [1.82, 2.24) is 15.0 Å². The first-order chi connectivity index (χ1) is 9.71. The summed E-state index contributed by atoms with van der Waals surface area (Å²) in [5, 5.41) is 0.508. The van der Waals surface area contributed by atoms with E-state index in [1.807, 2.05) is 31.2 Å². The van der Waals surface area contributed by atoms with E-state index in [1.165, 1.54) is 11.8 Å². The van der Waals surface area contributed by atoms with Crippen LogP contribution in [-0.2, 0) is 0 Å². The summed E-state index contributed by atoms with van der Waals surface area (Å²) in [5.41, 5.74) is 5.65. The van der Waals surface area contributed by atoms with Gasteiger partial charge in [-0.2, -0.15) is 15.0 Å². The summed E-state index contributed by atoms with van der Waals surface area (Å²) in [4.78, 5) is 13.2. The summed E-state index contributed by atoms with van der Waals surface area (Å²) in [5.74, 6) is 0.957. The van der Waals surface area contributed by atoms with Gasteiger partial charge in [0.15, 0.2) is 0 Å². The predicted octanol–water partition coefficient (Wildman–Crippen LogP) is 2.40. The van der Waals surface area contributed by atoms with Crippen LogP contribution < -0.4 is 15.2 Å². The summed E-state index contributed by atoms with van der Waals surface area (Å²) in [6.07, 6.45) is 0.881. The summed E-state index contributed by atoms with van der Waals surface area (Å²) in [7, 11) is 1.63. The molecule has 2 aromatic rings. The molecule has 0 fully saturated rings. The van der Waals surface area contributed by atoms with Crippen molar-refractivity contribution < 1.29 is 9.47 Å². The van der Waals surface area contributed by atoms with Crippen LogP contribution in [0.3, 0.4) is 0 Å². The number of aromatic nitrogens is 3. The van der Waals surface area contributed by atoms with Crippen LogP contribution in [0.1, 0.15) is 13.3 Å². The Bertz CT molecular complexity index is 563. The molecule has 0 radical (unpaired) electrons. The van der Waals surface area contributed by atoms with Crippen molar-refractivity contribution >= 4 is 17.7 Å². The minimum absolute atomic E-state index is 0.155. The third-order valence-corrected chi connectivity index (χ3v) is 3.19. The number of nitrogens with zero attached hydrogens (tertiary/aromatic N) is 3. The maximum Gasteiger partial charge on any atom is 0.322 e. The van der Waals surface area contributed by atoms with Gasteiger partial charge in [0, 0.05) is 4.90 Å². The van der Waals surface area contributed by atoms with Gasteiger partial charge >= 0.3 is 6.01 Å². The van der Waals surface area contributed by atoms with Crippen LogP contribution in [0.4, 0.5) is 5.95 Å². The van der Waals surface area contributed by atoms with Crippen LogP contribution in [0.15, 0.2) is 34.3 Å². The molecule has 0 aliphatic rings. The Morgan fingerprint density at radius 2 is 1.90 bits per heavy atom. The lowest BCUT2D eigenvalue weighted by Gasteiger charge is -2.06. The number of hydrogen-bond acceptors (Lipinski definition) is 7. The number of hydrogen-bond donors (Lipinski definition) is 1. The van der Waals surface area contributed by atoms with Crippen molar-refractivity contribution in [2.24, 2.45) is 0 Å². The second kappa shape index (κ2) is 6.95. The zero-order valence-corrected chi connectivity index (χ0v) is 12.2. The fraction of sp³-hybridized carbons (Fsp3) is 0.308. The molecule has 6 nitrogen and oxygen atoms in total. The Hall–Kier alpha value is -2.02. The van der Waals surface area contributed by atoms with Crippen molar-refractivity contribution in [1.29, 1.82) is 0 Å². The van der Waals surface area contributed by atoms with Gasteiger partial charge in [-0.25, -0.2) is 0 Å². The fourth-order valence-electron chi connectivity index (χ4n) is 1.41. The van der Waals surface area contributed by atoms with Gasteiger partial charge in [-0.15, -0.1) is 0 Å². The van der Waals surface area contributed by atoms with Gasteiger partial charge in [0.05, 0.1) is 13.7 Å². The first-order valence-electron chi connectivity index (χ1n) is 6.17. The number of ether oxygens (including phenoxy) is 2. The molecule has 0 aliphatic heterocycles. The van der Waals surface area contributed by atoms with Crippen molar-refractivity contribution in [2.75, 3.05) is 19.5 Å². The second-order valence-electron chi connectivity index (χ2n) is 3.88. The molecule has 0 spiro atoms. The average Bonchev–Trinajstić information content (AvgIpc) is 2.45. The molecule has 0 unspecified atom stereocenters. The molecule has 0 aliphatic carbocycles. The number of methoxy groups -OCH3 is 1. The Labute approximate surface area is 121 Å². The van der Waals surface area contributed by atoms with Crippen molar-refractivity contribution in [2.45, 2.75) is 23.4 Å². The molecule has 7 heteroatoms. The molecule has 106 valence electrons. The molecule has 1 aromatic carbocycles.